The van der Waals surface area contributed by atoms with Crippen LogP contribution >= 0.6 is 0 Å². The third-order valence-electron chi connectivity index (χ3n) is 4.03. The molecule has 2 aromatic carbocycles. The van der Waals surface area contributed by atoms with Gasteiger partial charge < -0.3 is 9.47 Å². The summed E-state index contributed by atoms with van der Waals surface area (Å²) in [7, 11) is 1.41. The first-order valence-electron chi connectivity index (χ1n) is 7.11. The van der Waals surface area contributed by atoms with Gasteiger partial charge in [0, 0.05) is 11.5 Å². The number of hydrogen-bond donors (Lipinski definition) is 0. The van der Waals surface area contributed by atoms with E-state index in [9.17, 15) is 4.79 Å². The van der Waals surface area contributed by atoms with Crippen molar-refractivity contribution < 1.29 is 14.3 Å². The van der Waals surface area contributed by atoms with E-state index in [-0.39, 0.29) is 11.9 Å². The van der Waals surface area contributed by atoms with E-state index in [2.05, 4.69) is 12.1 Å². The van der Waals surface area contributed by atoms with Crippen LogP contribution in [-0.2, 0) is 4.74 Å². The lowest BCUT2D eigenvalue weighted by Gasteiger charge is -2.26. The molecule has 0 saturated carbocycles. The molecule has 0 aromatic heterocycles. The van der Waals surface area contributed by atoms with E-state index in [1.165, 1.54) is 12.7 Å². The number of methoxy groups -OCH3 is 1. The third kappa shape index (κ3) is 2.51. The average Bonchev–Trinajstić information content (AvgIpc) is 2.54. The van der Waals surface area contributed by atoms with Gasteiger partial charge in [0.15, 0.2) is 0 Å². The predicted molar refractivity (Wildman–Crippen MR) is 80.9 cm³/mol. The maximum atomic E-state index is 11.9. The van der Waals surface area contributed by atoms with Gasteiger partial charge in [-0.2, -0.15) is 0 Å². The van der Waals surface area contributed by atoms with Gasteiger partial charge in [-0.05, 0) is 36.6 Å². The minimum absolute atomic E-state index is 0.263. The Hall–Kier alpha value is -2.29. The molecule has 0 aliphatic carbocycles. The highest BCUT2D eigenvalue weighted by atomic mass is 16.5. The second-order valence-corrected chi connectivity index (χ2v) is 5.29. The summed E-state index contributed by atoms with van der Waals surface area (Å²) in [6.07, 6.45) is 0.917. The molecular formula is C18H18O3. The van der Waals surface area contributed by atoms with Gasteiger partial charge in [-0.1, -0.05) is 30.3 Å². The van der Waals surface area contributed by atoms with Crippen molar-refractivity contribution >= 4 is 5.97 Å². The van der Waals surface area contributed by atoms with Crippen LogP contribution in [-0.4, -0.2) is 19.7 Å². The number of fused-ring (bicyclic) bond motifs is 1. The van der Waals surface area contributed by atoms with Gasteiger partial charge in [0.1, 0.15) is 5.75 Å². The summed E-state index contributed by atoms with van der Waals surface area (Å²) >= 11 is 0. The van der Waals surface area contributed by atoms with Gasteiger partial charge in [0.05, 0.1) is 19.3 Å². The van der Waals surface area contributed by atoms with Crippen LogP contribution in [0.25, 0.3) is 0 Å². The first-order valence-corrected chi connectivity index (χ1v) is 7.11. The summed E-state index contributed by atoms with van der Waals surface area (Å²) in [4.78, 5) is 11.9. The van der Waals surface area contributed by atoms with E-state index in [0.29, 0.717) is 12.2 Å². The summed E-state index contributed by atoms with van der Waals surface area (Å²) in [6.45, 7) is 2.62. The number of benzene rings is 2. The molecule has 3 nitrogen and oxygen atoms in total. The van der Waals surface area contributed by atoms with Crippen LogP contribution in [0.1, 0.15) is 39.4 Å². The second-order valence-electron chi connectivity index (χ2n) is 5.29. The molecule has 1 atom stereocenters. The first-order chi connectivity index (χ1) is 10.2. The standard InChI is InChI=1S/C18H18O3/c1-12-7-8-13(11-16(12)18(19)20-2)14-9-10-21-17-6-4-3-5-15(14)17/h3-8,11,14H,9-10H2,1-2H3/t14-/m0/s1. The molecule has 0 bridgehead atoms. The zero-order chi connectivity index (χ0) is 14.8. The number of carbonyl (C=O) groups excluding carboxylic acids is 1. The minimum atomic E-state index is -0.283. The van der Waals surface area contributed by atoms with Gasteiger partial charge in [-0.25, -0.2) is 4.79 Å². The zero-order valence-corrected chi connectivity index (χ0v) is 12.3. The van der Waals surface area contributed by atoms with Gasteiger partial charge in [0.2, 0.25) is 0 Å². The normalized spacial score (nSPS) is 16.8. The maximum absolute atomic E-state index is 11.9. The fourth-order valence-electron chi connectivity index (χ4n) is 2.87. The molecule has 1 aliphatic heterocycles. The summed E-state index contributed by atoms with van der Waals surface area (Å²) in [5.41, 5.74) is 3.89. The van der Waals surface area contributed by atoms with E-state index in [1.54, 1.807) is 0 Å². The Morgan fingerprint density at radius 1 is 1.24 bits per heavy atom. The first kappa shape index (κ1) is 13.7. The van der Waals surface area contributed by atoms with Crippen LogP contribution < -0.4 is 4.74 Å². The lowest BCUT2D eigenvalue weighted by molar-refractivity contribution is 0.0600. The van der Waals surface area contributed by atoms with Crippen molar-refractivity contribution in [2.45, 2.75) is 19.3 Å². The van der Waals surface area contributed by atoms with Gasteiger partial charge >= 0.3 is 5.97 Å². The van der Waals surface area contributed by atoms with E-state index in [1.807, 2.05) is 37.3 Å². The highest BCUT2D eigenvalue weighted by molar-refractivity contribution is 5.91. The fourth-order valence-corrected chi connectivity index (χ4v) is 2.87. The van der Waals surface area contributed by atoms with Crippen LogP contribution in [0.4, 0.5) is 0 Å². The fraction of sp³-hybridized carbons (Fsp3) is 0.278. The van der Waals surface area contributed by atoms with Crippen molar-refractivity contribution in [3.63, 3.8) is 0 Å². The summed E-state index contributed by atoms with van der Waals surface area (Å²) < 4.78 is 10.6. The summed E-state index contributed by atoms with van der Waals surface area (Å²) in [6, 6.07) is 14.1. The van der Waals surface area contributed by atoms with Crippen LogP contribution in [0.3, 0.4) is 0 Å². The van der Waals surface area contributed by atoms with Crippen molar-refractivity contribution in [1.29, 1.82) is 0 Å². The number of aryl methyl sites for hydroxylation is 1. The molecule has 1 aliphatic rings. The average molecular weight is 282 g/mol. The minimum Gasteiger partial charge on any atom is -0.493 e. The Bertz CT molecular complexity index is 676. The Morgan fingerprint density at radius 2 is 2.05 bits per heavy atom. The molecule has 0 unspecified atom stereocenters. The van der Waals surface area contributed by atoms with Crippen molar-refractivity contribution in [3.8, 4) is 5.75 Å². The number of esters is 1. The number of ether oxygens (including phenoxy) is 2. The molecule has 0 amide bonds. The summed E-state index contributed by atoms with van der Waals surface area (Å²) in [5.74, 6) is 0.919. The highest BCUT2D eigenvalue weighted by Gasteiger charge is 2.23. The lowest BCUT2D eigenvalue weighted by atomic mass is 9.85. The molecule has 0 fully saturated rings. The Morgan fingerprint density at radius 3 is 2.86 bits per heavy atom. The SMILES string of the molecule is COC(=O)c1cc([C@@H]2CCOc3ccccc32)ccc1C. The second kappa shape index (κ2) is 5.60. The highest BCUT2D eigenvalue weighted by Crippen LogP contribution is 2.38. The molecular weight excluding hydrogens is 264 g/mol. The molecule has 2 aromatic rings. The van der Waals surface area contributed by atoms with Crippen molar-refractivity contribution in [1.82, 2.24) is 0 Å². The van der Waals surface area contributed by atoms with E-state index in [0.717, 1.165) is 23.3 Å². The largest absolute Gasteiger partial charge is 0.493 e. The van der Waals surface area contributed by atoms with Gasteiger partial charge in [0.25, 0.3) is 0 Å². The summed E-state index contributed by atoms with van der Waals surface area (Å²) in [5, 5.41) is 0. The van der Waals surface area contributed by atoms with Crippen molar-refractivity contribution in [2.75, 3.05) is 13.7 Å². The maximum Gasteiger partial charge on any atom is 0.338 e. The van der Waals surface area contributed by atoms with E-state index >= 15 is 0 Å². The van der Waals surface area contributed by atoms with Gasteiger partial charge in [-0.15, -0.1) is 0 Å². The van der Waals surface area contributed by atoms with Crippen LogP contribution in [0.2, 0.25) is 0 Å². The Kier molecular flexibility index (Phi) is 3.65. The number of carbonyl (C=O) groups is 1. The lowest BCUT2D eigenvalue weighted by Crippen LogP contribution is -2.16. The smallest absolute Gasteiger partial charge is 0.338 e. The molecule has 1 heterocycles. The quantitative estimate of drug-likeness (QED) is 0.788. The topological polar surface area (TPSA) is 35.5 Å². The Labute approximate surface area is 124 Å². The van der Waals surface area contributed by atoms with Crippen LogP contribution in [0, 0.1) is 6.92 Å². The van der Waals surface area contributed by atoms with Crippen LogP contribution in [0.5, 0.6) is 5.75 Å². The third-order valence-corrected chi connectivity index (χ3v) is 4.03. The van der Waals surface area contributed by atoms with Crippen molar-refractivity contribution in [2.24, 2.45) is 0 Å². The molecule has 3 rings (SSSR count). The molecule has 108 valence electrons. The predicted octanol–water partition coefficient (Wildman–Crippen LogP) is 3.70. The Balaban J connectivity index is 2.04. The monoisotopic (exact) mass is 282 g/mol. The van der Waals surface area contributed by atoms with Crippen LogP contribution in [0.15, 0.2) is 42.5 Å². The zero-order valence-electron chi connectivity index (χ0n) is 12.3. The molecule has 0 spiro atoms. The van der Waals surface area contributed by atoms with Crippen molar-refractivity contribution in [3.05, 3.63) is 64.7 Å². The molecule has 0 N–H and O–H groups in total. The number of para-hydroxylation sites is 1. The molecule has 21 heavy (non-hydrogen) atoms. The van der Waals surface area contributed by atoms with E-state index < -0.39 is 0 Å². The molecule has 0 saturated heterocycles. The molecule has 3 heteroatoms. The molecule has 0 radical (unpaired) electrons. The van der Waals surface area contributed by atoms with Gasteiger partial charge in [-0.3, -0.25) is 0 Å². The van der Waals surface area contributed by atoms with E-state index in [4.69, 9.17) is 9.47 Å². The number of rotatable bonds is 2. The number of hydrogen-bond acceptors (Lipinski definition) is 3.